The van der Waals surface area contributed by atoms with Gasteiger partial charge in [-0.1, -0.05) is 54.6 Å². The number of amides is 2. The Bertz CT molecular complexity index is 1020. The molecule has 0 atom stereocenters. The van der Waals surface area contributed by atoms with Gasteiger partial charge in [-0.25, -0.2) is 4.98 Å². The third-order valence-electron chi connectivity index (χ3n) is 5.10. The summed E-state index contributed by atoms with van der Waals surface area (Å²) in [6.07, 6.45) is 2.59. The summed E-state index contributed by atoms with van der Waals surface area (Å²) in [5, 5.41) is 2.89. The lowest BCUT2D eigenvalue weighted by molar-refractivity contribution is 0.0947. The predicted octanol–water partition coefficient (Wildman–Crippen LogP) is 3.65. The Hall–Kier alpha value is -3.47. The lowest BCUT2D eigenvalue weighted by Crippen LogP contribution is -2.31. The molecule has 0 radical (unpaired) electrons. The summed E-state index contributed by atoms with van der Waals surface area (Å²) in [6, 6.07) is 23.1. The van der Waals surface area contributed by atoms with Crippen LogP contribution in [0.4, 0.5) is 5.69 Å². The summed E-state index contributed by atoms with van der Waals surface area (Å²) in [7, 11) is 0. The molecular formula is C24H23N3O2. The Morgan fingerprint density at radius 2 is 1.66 bits per heavy atom. The van der Waals surface area contributed by atoms with Crippen molar-refractivity contribution in [1.82, 2.24) is 10.3 Å². The minimum atomic E-state index is -0.255. The zero-order chi connectivity index (χ0) is 20.1. The topological polar surface area (TPSA) is 62.3 Å². The normalized spacial score (nSPS) is 12.5. The largest absolute Gasteiger partial charge is 0.351 e. The Morgan fingerprint density at radius 1 is 0.897 bits per heavy atom. The maximum atomic E-state index is 12.9. The summed E-state index contributed by atoms with van der Waals surface area (Å²) in [6.45, 7) is 1.20. The van der Waals surface area contributed by atoms with Crippen molar-refractivity contribution in [2.75, 3.05) is 18.0 Å². The van der Waals surface area contributed by atoms with Crippen molar-refractivity contribution in [3.63, 3.8) is 0 Å². The van der Waals surface area contributed by atoms with Crippen molar-refractivity contribution >= 4 is 17.5 Å². The van der Waals surface area contributed by atoms with Gasteiger partial charge in [-0.2, -0.15) is 0 Å². The van der Waals surface area contributed by atoms with Crippen LogP contribution in [0.1, 0.15) is 38.5 Å². The molecule has 146 valence electrons. The summed E-state index contributed by atoms with van der Waals surface area (Å²) < 4.78 is 0. The zero-order valence-electron chi connectivity index (χ0n) is 16.2. The number of aromatic nitrogens is 1. The lowest BCUT2D eigenvalue weighted by atomic mass is 10.1. The van der Waals surface area contributed by atoms with E-state index in [1.807, 2.05) is 42.5 Å². The lowest BCUT2D eigenvalue weighted by Gasteiger charge is -2.17. The smallest absolute Gasteiger partial charge is 0.276 e. The number of nitrogens with one attached hydrogen (secondary N) is 1. The van der Waals surface area contributed by atoms with Gasteiger partial charge in [-0.3, -0.25) is 9.59 Å². The van der Waals surface area contributed by atoms with E-state index in [1.165, 1.54) is 5.56 Å². The average Bonchev–Trinajstić information content (AvgIpc) is 3.21. The minimum absolute atomic E-state index is 0.173. The van der Waals surface area contributed by atoms with Crippen molar-refractivity contribution in [1.29, 1.82) is 0 Å². The Kier molecular flexibility index (Phi) is 5.66. The standard InChI is InChI=1S/C24H23N3O2/c28-23(25-16-7-10-18-8-2-1-3-9-18)20-12-6-13-21(26-20)24(29)27-17-15-19-11-4-5-14-22(19)27/h1-6,8-9,11-14H,7,10,15-17H2,(H,25,28). The number of nitrogens with zero attached hydrogens (tertiary/aromatic N) is 2. The minimum Gasteiger partial charge on any atom is -0.351 e. The first-order valence-electron chi connectivity index (χ1n) is 9.91. The molecule has 4 rings (SSSR count). The third kappa shape index (κ3) is 4.35. The second-order valence-corrected chi connectivity index (χ2v) is 7.09. The fourth-order valence-corrected chi connectivity index (χ4v) is 3.60. The van der Waals surface area contributed by atoms with Crippen LogP contribution in [0.5, 0.6) is 0 Å². The van der Waals surface area contributed by atoms with Crippen molar-refractivity contribution in [2.45, 2.75) is 19.3 Å². The van der Waals surface area contributed by atoms with E-state index < -0.39 is 0 Å². The van der Waals surface area contributed by atoms with Gasteiger partial charge in [0.15, 0.2) is 0 Å². The van der Waals surface area contributed by atoms with Gasteiger partial charge in [0.25, 0.3) is 11.8 Å². The molecule has 2 amide bonds. The van der Waals surface area contributed by atoms with Crippen LogP contribution in [0.3, 0.4) is 0 Å². The molecule has 0 fully saturated rings. The number of hydrogen-bond acceptors (Lipinski definition) is 3. The molecule has 5 heteroatoms. The number of carbonyl (C=O) groups is 2. The van der Waals surface area contributed by atoms with Gasteiger partial charge in [0.05, 0.1) is 0 Å². The van der Waals surface area contributed by atoms with Crippen LogP contribution in [0.25, 0.3) is 0 Å². The molecule has 29 heavy (non-hydrogen) atoms. The number of rotatable bonds is 6. The van der Waals surface area contributed by atoms with E-state index in [0.717, 1.165) is 30.5 Å². The highest BCUT2D eigenvalue weighted by molar-refractivity contribution is 6.06. The molecule has 0 unspecified atom stereocenters. The number of carbonyl (C=O) groups excluding carboxylic acids is 2. The van der Waals surface area contributed by atoms with Gasteiger partial charge in [0.2, 0.25) is 0 Å². The van der Waals surface area contributed by atoms with Gasteiger partial charge in [0, 0.05) is 18.8 Å². The second kappa shape index (κ2) is 8.69. The molecule has 0 spiro atoms. The summed E-state index contributed by atoms with van der Waals surface area (Å²) >= 11 is 0. The molecular weight excluding hydrogens is 362 g/mol. The Labute approximate surface area is 170 Å². The van der Waals surface area contributed by atoms with E-state index in [4.69, 9.17) is 0 Å². The van der Waals surface area contributed by atoms with Gasteiger partial charge >= 0.3 is 0 Å². The SMILES string of the molecule is O=C(NCCCc1ccccc1)c1cccc(C(=O)N2CCc3ccccc32)n1. The van der Waals surface area contributed by atoms with Crippen molar-refractivity contribution < 1.29 is 9.59 Å². The fraction of sp³-hybridized carbons (Fsp3) is 0.208. The number of fused-ring (bicyclic) bond motifs is 1. The van der Waals surface area contributed by atoms with E-state index >= 15 is 0 Å². The predicted molar refractivity (Wildman–Crippen MR) is 113 cm³/mol. The Morgan fingerprint density at radius 3 is 2.52 bits per heavy atom. The zero-order valence-corrected chi connectivity index (χ0v) is 16.2. The molecule has 1 aliphatic heterocycles. The molecule has 0 saturated carbocycles. The Balaban J connectivity index is 1.37. The van der Waals surface area contributed by atoms with Crippen LogP contribution in [0, 0.1) is 0 Å². The molecule has 1 N–H and O–H groups in total. The summed E-state index contributed by atoms with van der Waals surface area (Å²) in [4.78, 5) is 31.4. The van der Waals surface area contributed by atoms with Gasteiger partial charge < -0.3 is 10.2 Å². The molecule has 1 aliphatic rings. The maximum absolute atomic E-state index is 12.9. The quantitative estimate of drug-likeness (QED) is 0.659. The average molecular weight is 385 g/mol. The van der Waals surface area contributed by atoms with Gasteiger partial charge in [0.1, 0.15) is 11.4 Å². The first kappa shape index (κ1) is 18.9. The van der Waals surface area contributed by atoms with Gasteiger partial charge in [-0.15, -0.1) is 0 Å². The summed E-state index contributed by atoms with van der Waals surface area (Å²) in [5.74, 6) is -0.428. The van der Waals surface area contributed by atoms with Crippen molar-refractivity contribution in [3.05, 3.63) is 95.3 Å². The highest BCUT2D eigenvalue weighted by Gasteiger charge is 2.26. The van der Waals surface area contributed by atoms with Crippen LogP contribution in [-0.2, 0) is 12.8 Å². The molecule has 0 bridgehead atoms. The first-order chi connectivity index (χ1) is 14.2. The van der Waals surface area contributed by atoms with Crippen LogP contribution in [0.2, 0.25) is 0 Å². The number of anilines is 1. The highest BCUT2D eigenvalue weighted by Crippen LogP contribution is 2.28. The summed E-state index contributed by atoms with van der Waals surface area (Å²) in [5.41, 5.74) is 3.89. The number of benzene rings is 2. The van der Waals surface area contributed by atoms with Crippen molar-refractivity contribution in [2.24, 2.45) is 0 Å². The van der Waals surface area contributed by atoms with Crippen LogP contribution < -0.4 is 10.2 Å². The van der Waals surface area contributed by atoms with Crippen LogP contribution in [0.15, 0.2) is 72.8 Å². The second-order valence-electron chi connectivity index (χ2n) is 7.09. The molecule has 1 aromatic heterocycles. The fourth-order valence-electron chi connectivity index (χ4n) is 3.60. The van der Waals surface area contributed by atoms with E-state index in [2.05, 4.69) is 22.4 Å². The molecule has 3 aromatic rings. The van der Waals surface area contributed by atoms with E-state index in [1.54, 1.807) is 23.1 Å². The monoisotopic (exact) mass is 385 g/mol. The van der Waals surface area contributed by atoms with Gasteiger partial charge in [-0.05, 0) is 48.6 Å². The number of hydrogen-bond donors (Lipinski definition) is 1. The number of pyridine rings is 1. The highest BCUT2D eigenvalue weighted by atomic mass is 16.2. The van der Waals surface area contributed by atoms with Crippen LogP contribution >= 0.6 is 0 Å². The molecule has 2 heterocycles. The number of aryl methyl sites for hydroxylation is 1. The number of para-hydroxylation sites is 1. The van der Waals surface area contributed by atoms with Crippen LogP contribution in [-0.4, -0.2) is 29.9 Å². The van der Waals surface area contributed by atoms with Crippen molar-refractivity contribution in [3.8, 4) is 0 Å². The molecule has 0 aliphatic carbocycles. The maximum Gasteiger partial charge on any atom is 0.276 e. The van der Waals surface area contributed by atoms with E-state index in [-0.39, 0.29) is 17.5 Å². The van der Waals surface area contributed by atoms with E-state index in [0.29, 0.717) is 18.8 Å². The first-order valence-corrected chi connectivity index (χ1v) is 9.91. The molecule has 0 saturated heterocycles. The molecule has 2 aromatic carbocycles. The van der Waals surface area contributed by atoms with E-state index in [9.17, 15) is 9.59 Å². The third-order valence-corrected chi connectivity index (χ3v) is 5.10. The molecule has 5 nitrogen and oxygen atoms in total.